The van der Waals surface area contributed by atoms with E-state index in [0.29, 0.717) is 6.04 Å². The van der Waals surface area contributed by atoms with Gasteiger partial charge in [-0.3, -0.25) is 4.98 Å². The van der Waals surface area contributed by atoms with Gasteiger partial charge in [0.25, 0.3) is 0 Å². The molecule has 0 amide bonds. The Morgan fingerprint density at radius 2 is 1.85 bits per heavy atom. The summed E-state index contributed by atoms with van der Waals surface area (Å²) >= 11 is 0. The number of fused-ring (bicyclic) bond motifs is 1. The summed E-state index contributed by atoms with van der Waals surface area (Å²) in [5, 5.41) is 6.18. The normalized spacial score (nSPS) is 12.4. The molecule has 20 heavy (non-hydrogen) atoms. The van der Waals surface area contributed by atoms with Crippen molar-refractivity contribution in [3.8, 4) is 0 Å². The SMILES string of the molecule is C[C@@H](NCc1cccnc1)c1cccc2ccccc12. The molecule has 0 saturated heterocycles. The van der Waals surface area contributed by atoms with E-state index in [1.165, 1.54) is 21.9 Å². The molecule has 1 N–H and O–H groups in total. The highest BCUT2D eigenvalue weighted by Gasteiger charge is 2.08. The van der Waals surface area contributed by atoms with Gasteiger partial charge in [-0.1, -0.05) is 48.5 Å². The topological polar surface area (TPSA) is 24.9 Å². The average molecular weight is 262 g/mol. The van der Waals surface area contributed by atoms with Crippen LogP contribution in [0.4, 0.5) is 0 Å². The first kappa shape index (κ1) is 12.8. The van der Waals surface area contributed by atoms with Crippen LogP contribution in [0, 0.1) is 0 Å². The van der Waals surface area contributed by atoms with Gasteiger partial charge in [0.05, 0.1) is 0 Å². The highest BCUT2D eigenvalue weighted by molar-refractivity contribution is 5.86. The van der Waals surface area contributed by atoms with E-state index in [4.69, 9.17) is 0 Å². The molecule has 0 spiro atoms. The van der Waals surface area contributed by atoms with Crippen LogP contribution >= 0.6 is 0 Å². The van der Waals surface area contributed by atoms with Crippen molar-refractivity contribution in [2.75, 3.05) is 0 Å². The molecule has 0 bridgehead atoms. The number of hydrogen-bond acceptors (Lipinski definition) is 2. The minimum atomic E-state index is 0.307. The largest absolute Gasteiger partial charge is 0.306 e. The Kier molecular flexibility index (Phi) is 3.75. The first-order chi connectivity index (χ1) is 9.84. The highest BCUT2D eigenvalue weighted by atomic mass is 14.9. The van der Waals surface area contributed by atoms with Gasteiger partial charge in [0.1, 0.15) is 0 Å². The Labute approximate surface area is 119 Å². The van der Waals surface area contributed by atoms with Gasteiger partial charge >= 0.3 is 0 Å². The number of nitrogens with one attached hydrogen (secondary N) is 1. The summed E-state index contributed by atoms with van der Waals surface area (Å²) in [6.07, 6.45) is 3.71. The summed E-state index contributed by atoms with van der Waals surface area (Å²) in [6, 6.07) is 19.4. The Morgan fingerprint density at radius 3 is 2.70 bits per heavy atom. The maximum Gasteiger partial charge on any atom is 0.0312 e. The van der Waals surface area contributed by atoms with Crippen LogP contribution in [0.5, 0.6) is 0 Å². The van der Waals surface area contributed by atoms with Crippen molar-refractivity contribution in [2.24, 2.45) is 0 Å². The smallest absolute Gasteiger partial charge is 0.0312 e. The summed E-state index contributed by atoms with van der Waals surface area (Å²) in [5.74, 6) is 0. The van der Waals surface area contributed by atoms with Gasteiger partial charge in [-0.15, -0.1) is 0 Å². The third kappa shape index (κ3) is 2.70. The summed E-state index contributed by atoms with van der Waals surface area (Å²) < 4.78 is 0. The summed E-state index contributed by atoms with van der Waals surface area (Å²) in [5.41, 5.74) is 2.55. The van der Waals surface area contributed by atoms with Crippen molar-refractivity contribution in [3.05, 3.63) is 78.1 Å². The molecular formula is C18H18N2. The molecule has 3 aromatic rings. The molecule has 0 fully saturated rings. The van der Waals surface area contributed by atoms with E-state index < -0.39 is 0 Å². The number of pyridine rings is 1. The highest BCUT2D eigenvalue weighted by Crippen LogP contribution is 2.24. The van der Waals surface area contributed by atoms with E-state index in [-0.39, 0.29) is 0 Å². The first-order valence-corrected chi connectivity index (χ1v) is 6.94. The van der Waals surface area contributed by atoms with Gasteiger partial charge < -0.3 is 5.32 Å². The number of hydrogen-bond donors (Lipinski definition) is 1. The van der Waals surface area contributed by atoms with Crippen LogP contribution < -0.4 is 5.32 Å². The molecule has 1 atom stereocenters. The first-order valence-electron chi connectivity index (χ1n) is 6.94. The fraction of sp³-hybridized carbons (Fsp3) is 0.167. The van der Waals surface area contributed by atoms with Gasteiger partial charge in [-0.2, -0.15) is 0 Å². The Bertz CT molecular complexity index is 687. The van der Waals surface area contributed by atoms with Gasteiger partial charge in [-0.05, 0) is 34.9 Å². The van der Waals surface area contributed by atoms with Gasteiger partial charge in [0.2, 0.25) is 0 Å². The van der Waals surface area contributed by atoms with Crippen molar-refractivity contribution >= 4 is 10.8 Å². The van der Waals surface area contributed by atoms with Crippen LogP contribution in [-0.4, -0.2) is 4.98 Å². The summed E-state index contributed by atoms with van der Waals surface area (Å²) in [7, 11) is 0. The molecule has 0 unspecified atom stereocenters. The number of aromatic nitrogens is 1. The standard InChI is InChI=1S/C18H18N2/c1-14(20-13-15-6-5-11-19-12-15)17-10-4-8-16-7-2-3-9-18(16)17/h2-12,14,20H,13H2,1H3/t14-/m1/s1. The fourth-order valence-corrected chi connectivity index (χ4v) is 2.51. The Balaban J connectivity index is 1.80. The number of benzene rings is 2. The Morgan fingerprint density at radius 1 is 1.00 bits per heavy atom. The average Bonchev–Trinajstić information content (AvgIpc) is 2.53. The maximum absolute atomic E-state index is 4.15. The van der Waals surface area contributed by atoms with Crippen LogP contribution in [0.15, 0.2) is 67.0 Å². The van der Waals surface area contributed by atoms with Crippen LogP contribution in [-0.2, 0) is 6.54 Å². The van der Waals surface area contributed by atoms with E-state index >= 15 is 0 Å². The van der Waals surface area contributed by atoms with Crippen LogP contribution in [0.1, 0.15) is 24.1 Å². The van der Waals surface area contributed by atoms with Gasteiger partial charge in [0.15, 0.2) is 0 Å². The van der Waals surface area contributed by atoms with E-state index in [0.717, 1.165) is 6.54 Å². The van der Waals surface area contributed by atoms with E-state index in [1.807, 2.05) is 12.3 Å². The van der Waals surface area contributed by atoms with Gasteiger partial charge in [0, 0.05) is 25.0 Å². The van der Waals surface area contributed by atoms with Crippen molar-refractivity contribution in [1.29, 1.82) is 0 Å². The lowest BCUT2D eigenvalue weighted by molar-refractivity contribution is 0.577. The molecule has 0 saturated carbocycles. The van der Waals surface area contributed by atoms with Crippen LogP contribution in [0.2, 0.25) is 0 Å². The minimum Gasteiger partial charge on any atom is -0.306 e. The Hall–Kier alpha value is -2.19. The molecule has 0 radical (unpaired) electrons. The monoisotopic (exact) mass is 262 g/mol. The second-order valence-electron chi connectivity index (χ2n) is 5.03. The molecule has 0 aliphatic heterocycles. The molecule has 2 nitrogen and oxygen atoms in total. The number of rotatable bonds is 4. The lowest BCUT2D eigenvalue weighted by Crippen LogP contribution is -2.18. The maximum atomic E-state index is 4.15. The van der Waals surface area contributed by atoms with Crippen molar-refractivity contribution in [3.63, 3.8) is 0 Å². The van der Waals surface area contributed by atoms with Crippen LogP contribution in [0.3, 0.4) is 0 Å². The zero-order chi connectivity index (χ0) is 13.8. The third-order valence-electron chi connectivity index (χ3n) is 3.63. The van der Waals surface area contributed by atoms with Crippen LogP contribution in [0.25, 0.3) is 10.8 Å². The predicted octanol–water partition coefficient (Wildman–Crippen LogP) is 4.09. The quantitative estimate of drug-likeness (QED) is 0.766. The van der Waals surface area contributed by atoms with E-state index in [1.54, 1.807) is 6.20 Å². The summed E-state index contributed by atoms with van der Waals surface area (Å²) in [4.78, 5) is 4.15. The molecule has 1 heterocycles. The zero-order valence-electron chi connectivity index (χ0n) is 11.6. The molecule has 0 aliphatic carbocycles. The second kappa shape index (κ2) is 5.85. The molecular weight excluding hydrogens is 244 g/mol. The van der Waals surface area contributed by atoms with E-state index in [2.05, 4.69) is 65.8 Å². The molecule has 2 aromatic carbocycles. The van der Waals surface area contributed by atoms with Crippen molar-refractivity contribution < 1.29 is 0 Å². The second-order valence-corrected chi connectivity index (χ2v) is 5.03. The predicted molar refractivity (Wildman–Crippen MR) is 83.4 cm³/mol. The number of nitrogens with zero attached hydrogens (tertiary/aromatic N) is 1. The molecule has 0 aliphatic rings. The third-order valence-corrected chi connectivity index (χ3v) is 3.63. The van der Waals surface area contributed by atoms with Crippen molar-refractivity contribution in [1.82, 2.24) is 10.3 Å². The van der Waals surface area contributed by atoms with Crippen molar-refractivity contribution in [2.45, 2.75) is 19.5 Å². The van der Waals surface area contributed by atoms with Gasteiger partial charge in [-0.25, -0.2) is 0 Å². The molecule has 2 heteroatoms. The summed E-state index contributed by atoms with van der Waals surface area (Å²) in [6.45, 7) is 3.04. The van der Waals surface area contributed by atoms with E-state index in [9.17, 15) is 0 Å². The minimum absolute atomic E-state index is 0.307. The fourth-order valence-electron chi connectivity index (χ4n) is 2.51. The lowest BCUT2D eigenvalue weighted by atomic mass is 9.99. The molecule has 3 rings (SSSR count). The lowest BCUT2D eigenvalue weighted by Gasteiger charge is -2.16. The molecule has 100 valence electrons. The zero-order valence-corrected chi connectivity index (χ0v) is 11.6. The molecule has 1 aromatic heterocycles.